The van der Waals surface area contributed by atoms with Gasteiger partial charge in [-0.05, 0) is 17.7 Å². The minimum atomic E-state index is -1.03. The average Bonchev–Trinajstić information content (AvgIpc) is 2.71. The Bertz CT molecular complexity index is 895. The van der Waals surface area contributed by atoms with Crippen molar-refractivity contribution in [2.24, 2.45) is 5.10 Å². The first-order valence-corrected chi connectivity index (χ1v) is 9.73. The van der Waals surface area contributed by atoms with E-state index in [9.17, 15) is 9.59 Å². The normalized spacial score (nSPS) is 15.5. The van der Waals surface area contributed by atoms with Gasteiger partial charge in [0.25, 0.3) is 5.91 Å². The lowest BCUT2D eigenvalue weighted by Crippen LogP contribution is -2.48. The highest BCUT2D eigenvalue weighted by atomic mass is 35.5. The second-order valence-corrected chi connectivity index (χ2v) is 7.24. The Morgan fingerprint density at radius 3 is 2.41 bits per heavy atom. The molecule has 8 heteroatoms. The molecular weight excluding hydrogens is 392 g/mol. The van der Waals surface area contributed by atoms with Gasteiger partial charge in [-0.1, -0.05) is 48.0 Å². The van der Waals surface area contributed by atoms with E-state index in [0.717, 1.165) is 43.3 Å². The standard InChI is InChI=1S/C21H23ClN4O3/c22-19-8-4-2-6-17(19)14-25-9-11-26(12-10-25)15-20(27)24-23-13-16-5-1-3-7-18(16)21(28)29/h1-8,13H,9-12,14-15H2,(H,24,27)(H,28,29). The molecule has 1 saturated heterocycles. The zero-order valence-corrected chi connectivity index (χ0v) is 16.7. The first kappa shape index (κ1) is 21.0. The van der Waals surface area contributed by atoms with Crippen LogP contribution in [0.25, 0.3) is 0 Å². The summed E-state index contributed by atoms with van der Waals surface area (Å²) in [4.78, 5) is 27.7. The highest BCUT2D eigenvalue weighted by Gasteiger charge is 2.19. The van der Waals surface area contributed by atoms with Gasteiger partial charge in [0.1, 0.15) is 0 Å². The fraction of sp³-hybridized carbons (Fsp3) is 0.286. The Labute approximate surface area is 174 Å². The molecule has 1 aliphatic rings. The molecule has 0 unspecified atom stereocenters. The van der Waals surface area contributed by atoms with Gasteiger partial charge in [-0.25, -0.2) is 10.2 Å². The molecule has 1 heterocycles. The molecule has 7 nitrogen and oxygen atoms in total. The fourth-order valence-corrected chi connectivity index (χ4v) is 3.39. The lowest BCUT2D eigenvalue weighted by molar-refractivity contribution is -0.122. The molecule has 2 aromatic rings. The summed E-state index contributed by atoms with van der Waals surface area (Å²) in [5.74, 6) is -1.26. The van der Waals surface area contributed by atoms with Gasteiger partial charge in [0.05, 0.1) is 18.3 Å². The smallest absolute Gasteiger partial charge is 0.336 e. The number of hydrogen-bond donors (Lipinski definition) is 2. The number of nitrogens with zero attached hydrogens (tertiary/aromatic N) is 3. The maximum absolute atomic E-state index is 12.1. The van der Waals surface area contributed by atoms with Gasteiger partial charge in [-0.15, -0.1) is 0 Å². The van der Waals surface area contributed by atoms with Crippen molar-refractivity contribution >= 4 is 29.7 Å². The summed E-state index contributed by atoms with van der Waals surface area (Å²) in [7, 11) is 0. The van der Waals surface area contributed by atoms with E-state index in [1.807, 2.05) is 24.3 Å². The zero-order chi connectivity index (χ0) is 20.6. The van der Waals surface area contributed by atoms with Crippen LogP contribution in [0.5, 0.6) is 0 Å². The van der Waals surface area contributed by atoms with Crippen LogP contribution in [-0.4, -0.2) is 65.7 Å². The number of nitrogens with one attached hydrogen (secondary N) is 1. The Morgan fingerprint density at radius 2 is 1.69 bits per heavy atom. The van der Waals surface area contributed by atoms with Crippen LogP contribution in [0.2, 0.25) is 5.02 Å². The van der Waals surface area contributed by atoms with Crippen molar-refractivity contribution in [3.05, 3.63) is 70.2 Å². The summed E-state index contributed by atoms with van der Waals surface area (Å²) in [6.45, 7) is 4.32. The first-order chi connectivity index (χ1) is 14.0. The number of carbonyl (C=O) groups is 2. The number of hydrogen-bond acceptors (Lipinski definition) is 5. The van der Waals surface area contributed by atoms with Gasteiger partial charge in [-0.3, -0.25) is 14.6 Å². The summed E-state index contributed by atoms with van der Waals surface area (Å²) < 4.78 is 0. The molecule has 1 amide bonds. The van der Waals surface area contributed by atoms with Crippen LogP contribution in [-0.2, 0) is 11.3 Å². The molecule has 0 aromatic heterocycles. The number of carboxylic acid groups (broad SMARTS) is 1. The maximum atomic E-state index is 12.1. The van der Waals surface area contributed by atoms with Crippen molar-refractivity contribution in [2.75, 3.05) is 32.7 Å². The number of benzene rings is 2. The third-order valence-corrected chi connectivity index (χ3v) is 5.14. The molecule has 0 spiro atoms. The van der Waals surface area contributed by atoms with Crippen LogP contribution < -0.4 is 5.43 Å². The summed E-state index contributed by atoms with van der Waals surface area (Å²) >= 11 is 6.22. The lowest BCUT2D eigenvalue weighted by Gasteiger charge is -2.34. The monoisotopic (exact) mass is 414 g/mol. The number of aromatic carboxylic acids is 1. The van der Waals surface area contributed by atoms with Gasteiger partial charge >= 0.3 is 5.97 Å². The van der Waals surface area contributed by atoms with Crippen molar-refractivity contribution in [3.8, 4) is 0 Å². The van der Waals surface area contributed by atoms with Crippen molar-refractivity contribution in [3.63, 3.8) is 0 Å². The van der Waals surface area contributed by atoms with Crippen LogP contribution in [0.4, 0.5) is 0 Å². The third-order valence-electron chi connectivity index (χ3n) is 4.77. The van der Waals surface area contributed by atoms with Crippen molar-refractivity contribution in [1.82, 2.24) is 15.2 Å². The topological polar surface area (TPSA) is 85.2 Å². The number of hydrazone groups is 1. The predicted molar refractivity (Wildman–Crippen MR) is 112 cm³/mol. The van der Waals surface area contributed by atoms with E-state index in [0.29, 0.717) is 5.56 Å². The quantitative estimate of drug-likeness (QED) is 0.536. The lowest BCUT2D eigenvalue weighted by atomic mass is 10.1. The number of piperazine rings is 1. The molecule has 152 valence electrons. The van der Waals surface area contributed by atoms with Gasteiger partial charge < -0.3 is 5.11 Å². The Morgan fingerprint density at radius 1 is 1.03 bits per heavy atom. The predicted octanol–water partition coefficient (Wildman–Crippen LogP) is 2.31. The molecule has 0 aliphatic carbocycles. The van der Waals surface area contributed by atoms with Crippen LogP contribution in [0.3, 0.4) is 0 Å². The second kappa shape index (κ2) is 10.2. The minimum Gasteiger partial charge on any atom is -0.478 e. The van der Waals surface area contributed by atoms with Crippen molar-refractivity contribution in [1.29, 1.82) is 0 Å². The van der Waals surface area contributed by atoms with Gasteiger partial charge in [-0.2, -0.15) is 5.10 Å². The highest BCUT2D eigenvalue weighted by molar-refractivity contribution is 6.31. The van der Waals surface area contributed by atoms with Crippen molar-refractivity contribution < 1.29 is 14.7 Å². The zero-order valence-electron chi connectivity index (χ0n) is 15.9. The largest absolute Gasteiger partial charge is 0.478 e. The van der Waals surface area contributed by atoms with E-state index in [1.165, 1.54) is 12.3 Å². The molecule has 1 aliphatic heterocycles. The second-order valence-electron chi connectivity index (χ2n) is 6.83. The van der Waals surface area contributed by atoms with E-state index in [-0.39, 0.29) is 18.0 Å². The minimum absolute atomic E-state index is 0.139. The number of halogens is 1. The molecule has 0 radical (unpaired) electrons. The number of amides is 1. The Kier molecular flexibility index (Phi) is 7.35. The van der Waals surface area contributed by atoms with Crippen LogP contribution >= 0.6 is 11.6 Å². The van der Waals surface area contributed by atoms with Crippen molar-refractivity contribution in [2.45, 2.75) is 6.54 Å². The average molecular weight is 415 g/mol. The van der Waals surface area contributed by atoms with Gasteiger partial charge in [0.2, 0.25) is 0 Å². The summed E-state index contributed by atoms with van der Waals surface area (Å²) in [5, 5.41) is 13.8. The van der Waals surface area contributed by atoms with Crippen LogP contribution in [0, 0.1) is 0 Å². The molecular formula is C21H23ClN4O3. The summed E-state index contributed by atoms with van der Waals surface area (Å²) in [5.41, 5.74) is 4.15. The molecule has 3 rings (SSSR count). The molecule has 0 atom stereocenters. The molecule has 1 fully saturated rings. The molecule has 0 saturated carbocycles. The SMILES string of the molecule is O=C(CN1CCN(Cc2ccccc2Cl)CC1)NN=Cc1ccccc1C(=O)O. The molecule has 2 N–H and O–H groups in total. The first-order valence-electron chi connectivity index (χ1n) is 9.35. The van der Waals surface area contributed by atoms with Crippen LogP contribution in [0.1, 0.15) is 21.5 Å². The van der Waals surface area contributed by atoms with E-state index >= 15 is 0 Å². The highest BCUT2D eigenvalue weighted by Crippen LogP contribution is 2.17. The third kappa shape index (κ3) is 6.12. The summed E-state index contributed by atoms with van der Waals surface area (Å²) in [6, 6.07) is 14.3. The van der Waals surface area contributed by atoms with Gasteiger partial charge in [0, 0.05) is 43.3 Å². The number of rotatable bonds is 7. The molecule has 0 bridgehead atoms. The van der Waals surface area contributed by atoms with E-state index in [4.69, 9.17) is 16.7 Å². The van der Waals surface area contributed by atoms with E-state index in [2.05, 4.69) is 20.3 Å². The Hall–Kier alpha value is -2.74. The fourth-order valence-electron chi connectivity index (χ4n) is 3.19. The number of carbonyl (C=O) groups excluding carboxylic acids is 1. The number of carboxylic acids is 1. The molecule has 29 heavy (non-hydrogen) atoms. The van der Waals surface area contributed by atoms with Gasteiger partial charge in [0.15, 0.2) is 0 Å². The maximum Gasteiger partial charge on any atom is 0.336 e. The Balaban J connectivity index is 1.43. The van der Waals surface area contributed by atoms with E-state index in [1.54, 1.807) is 18.2 Å². The van der Waals surface area contributed by atoms with Crippen LogP contribution in [0.15, 0.2) is 53.6 Å². The summed E-state index contributed by atoms with van der Waals surface area (Å²) in [6.07, 6.45) is 1.35. The molecule has 2 aromatic carbocycles. The van der Waals surface area contributed by atoms with E-state index < -0.39 is 5.97 Å².